The Bertz CT molecular complexity index is 842. The van der Waals surface area contributed by atoms with Gasteiger partial charge in [-0.25, -0.2) is 0 Å². The van der Waals surface area contributed by atoms with Crippen LogP contribution >= 0.6 is 0 Å². The third-order valence-corrected chi connectivity index (χ3v) is 3.64. The number of benzene rings is 1. The highest BCUT2D eigenvalue weighted by molar-refractivity contribution is 5.82. The zero-order chi connectivity index (χ0) is 19.8. The van der Waals surface area contributed by atoms with Gasteiger partial charge in [-0.15, -0.1) is 0 Å². The van der Waals surface area contributed by atoms with Crippen molar-refractivity contribution in [1.82, 2.24) is 20.6 Å². The zero-order valence-corrected chi connectivity index (χ0v) is 15.9. The lowest BCUT2D eigenvalue weighted by Crippen LogP contribution is -2.45. The maximum atomic E-state index is 11.9. The number of nitrogens with one attached hydrogen (secondary N) is 2. The molecule has 1 aromatic carbocycles. The summed E-state index contributed by atoms with van der Waals surface area (Å²) in [5.41, 5.74) is 7.30. The van der Waals surface area contributed by atoms with Crippen molar-refractivity contribution in [3.05, 3.63) is 47.3 Å². The summed E-state index contributed by atoms with van der Waals surface area (Å²) in [5.74, 6) is 0.0842. The van der Waals surface area contributed by atoms with Crippen LogP contribution in [0.3, 0.4) is 0 Å². The summed E-state index contributed by atoms with van der Waals surface area (Å²) in [6, 6.07) is 7.26. The first-order valence-electron chi connectivity index (χ1n) is 8.45. The van der Waals surface area contributed by atoms with Crippen molar-refractivity contribution in [2.24, 2.45) is 0 Å². The lowest BCUT2D eigenvalue weighted by Gasteiger charge is -2.12. The van der Waals surface area contributed by atoms with Crippen molar-refractivity contribution in [2.45, 2.75) is 27.3 Å². The average molecular weight is 372 g/mol. The molecule has 144 valence electrons. The number of methoxy groups -OCH3 is 1. The Hall–Kier alpha value is -3.29. The summed E-state index contributed by atoms with van der Waals surface area (Å²) >= 11 is 0. The molecule has 8 heteroatoms. The quantitative estimate of drug-likeness (QED) is 0.723. The van der Waals surface area contributed by atoms with Crippen molar-refractivity contribution in [3.63, 3.8) is 0 Å². The normalized spacial score (nSPS) is 10.7. The van der Waals surface area contributed by atoms with Gasteiger partial charge in [0.15, 0.2) is 18.1 Å². The number of allylic oxidation sites excluding steroid dienone is 1. The van der Waals surface area contributed by atoms with E-state index < -0.39 is 5.91 Å². The van der Waals surface area contributed by atoms with Crippen molar-refractivity contribution in [1.29, 1.82) is 0 Å². The van der Waals surface area contributed by atoms with Gasteiger partial charge in [0.05, 0.1) is 12.8 Å². The first kappa shape index (κ1) is 20.0. The SMILES string of the molecule is C/C=C/c1ccc(OCC(=O)NNC(=O)Cn2nc(C)cc2C)c(OC)c1. The number of hydrogen-bond acceptors (Lipinski definition) is 5. The number of hydrogen-bond donors (Lipinski definition) is 2. The van der Waals surface area contributed by atoms with Crippen molar-refractivity contribution >= 4 is 17.9 Å². The number of aromatic nitrogens is 2. The van der Waals surface area contributed by atoms with Crippen LogP contribution in [0, 0.1) is 13.8 Å². The Morgan fingerprint density at radius 1 is 1.15 bits per heavy atom. The summed E-state index contributed by atoms with van der Waals surface area (Å²) in [6.07, 6.45) is 3.84. The number of nitrogens with zero attached hydrogens (tertiary/aromatic N) is 2. The molecule has 0 saturated heterocycles. The van der Waals surface area contributed by atoms with Crippen LogP contribution in [-0.4, -0.2) is 35.3 Å². The molecular formula is C19H24N4O4. The van der Waals surface area contributed by atoms with E-state index in [2.05, 4.69) is 16.0 Å². The molecule has 0 aliphatic heterocycles. The van der Waals surface area contributed by atoms with Crippen LogP contribution < -0.4 is 20.3 Å². The molecule has 1 aromatic heterocycles. The number of carbonyl (C=O) groups is 2. The molecule has 0 radical (unpaired) electrons. The summed E-state index contributed by atoms with van der Waals surface area (Å²) in [5, 5.41) is 4.19. The number of hydrazine groups is 1. The van der Waals surface area contributed by atoms with E-state index in [1.807, 2.05) is 51.1 Å². The van der Waals surface area contributed by atoms with E-state index in [9.17, 15) is 9.59 Å². The van der Waals surface area contributed by atoms with E-state index in [1.54, 1.807) is 10.7 Å². The van der Waals surface area contributed by atoms with Gasteiger partial charge in [-0.3, -0.25) is 25.1 Å². The molecular weight excluding hydrogens is 348 g/mol. The predicted molar refractivity (Wildman–Crippen MR) is 101 cm³/mol. The van der Waals surface area contributed by atoms with Crippen molar-refractivity contribution in [3.8, 4) is 11.5 Å². The van der Waals surface area contributed by atoms with Gasteiger partial charge in [0.1, 0.15) is 6.54 Å². The van der Waals surface area contributed by atoms with Crippen LogP contribution in [0.15, 0.2) is 30.3 Å². The Balaban J connectivity index is 1.82. The molecule has 2 rings (SSSR count). The lowest BCUT2D eigenvalue weighted by molar-refractivity contribution is -0.130. The Labute approximate surface area is 158 Å². The van der Waals surface area contributed by atoms with Crippen LogP contribution in [0.1, 0.15) is 23.9 Å². The zero-order valence-electron chi connectivity index (χ0n) is 15.9. The topological polar surface area (TPSA) is 94.5 Å². The first-order valence-corrected chi connectivity index (χ1v) is 8.45. The monoisotopic (exact) mass is 372 g/mol. The number of carbonyl (C=O) groups excluding carboxylic acids is 2. The fraction of sp³-hybridized carbons (Fsp3) is 0.316. The van der Waals surface area contributed by atoms with E-state index in [0.717, 1.165) is 17.0 Å². The van der Waals surface area contributed by atoms with Gasteiger partial charge in [-0.05, 0) is 44.5 Å². The predicted octanol–water partition coefficient (Wildman–Crippen LogP) is 1.77. The second-order valence-electron chi connectivity index (χ2n) is 5.88. The van der Waals surface area contributed by atoms with Crippen molar-refractivity contribution < 1.29 is 19.1 Å². The highest BCUT2D eigenvalue weighted by Gasteiger charge is 2.10. The van der Waals surface area contributed by atoms with E-state index >= 15 is 0 Å². The molecule has 0 spiro atoms. The Morgan fingerprint density at radius 2 is 1.89 bits per heavy atom. The summed E-state index contributed by atoms with van der Waals surface area (Å²) < 4.78 is 12.3. The molecule has 8 nitrogen and oxygen atoms in total. The van der Waals surface area contributed by atoms with Crippen LogP contribution in [0.25, 0.3) is 6.08 Å². The summed E-state index contributed by atoms with van der Waals surface area (Å²) in [7, 11) is 1.53. The molecule has 2 N–H and O–H groups in total. The minimum absolute atomic E-state index is 0.0149. The molecule has 0 aliphatic carbocycles. The van der Waals surface area contributed by atoms with E-state index in [1.165, 1.54) is 7.11 Å². The molecule has 0 bridgehead atoms. The van der Waals surface area contributed by atoms with Gasteiger partial charge >= 0.3 is 0 Å². The maximum Gasteiger partial charge on any atom is 0.276 e. The van der Waals surface area contributed by atoms with Gasteiger partial charge in [0.25, 0.3) is 11.8 Å². The average Bonchev–Trinajstić information content (AvgIpc) is 2.95. The number of aryl methyl sites for hydroxylation is 2. The highest BCUT2D eigenvalue weighted by Crippen LogP contribution is 2.28. The Morgan fingerprint density at radius 3 is 2.52 bits per heavy atom. The smallest absolute Gasteiger partial charge is 0.276 e. The Kier molecular flexibility index (Phi) is 6.99. The number of rotatable bonds is 7. The second-order valence-corrected chi connectivity index (χ2v) is 5.88. The van der Waals surface area contributed by atoms with Gasteiger partial charge in [-0.2, -0.15) is 5.10 Å². The molecule has 0 aliphatic rings. The standard InChI is InChI=1S/C19H24N4O4/c1-5-6-15-7-8-16(17(10-15)26-4)27-12-19(25)21-20-18(24)11-23-14(3)9-13(2)22-23/h5-10H,11-12H2,1-4H3,(H,20,24)(H,21,25)/b6-5+. The van der Waals surface area contributed by atoms with Gasteiger partial charge < -0.3 is 9.47 Å². The largest absolute Gasteiger partial charge is 0.493 e. The van der Waals surface area contributed by atoms with E-state index in [4.69, 9.17) is 9.47 Å². The molecule has 0 fully saturated rings. The minimum atomic E-state index is -0.490. The minimum Gasteiger partial charge on any atom is -0.493 e. The summed E-state index contributed by atoms with van der Waals surface area (Å²) in [4.78, 5) is 23.8. The number of ether oxygens (including phenoxy) is 2. The van der Waals surface area contributed by atoms with Gasteiger partial charge in [0, 0.05) is 5.69 Å². The summed E-state index contributed by atoms with van der Waals surface area (Å²) in [6.45, 7) is 5.37. The molecule has 2 amide bonds. The van der Waals surface area contributed by atoms with E-state index in [-0.39, 0.29) is 19.1 Å². The van der Waals surface area contributed by atoms with Crippen LogP contribution in [0.4, 0.5) is 0 Å². The number of amides is 2. The van der Waals surface area contributed by atoms with Gasteiger partial charge in [-0.1, -0.05) is 18.2 Å². The second kappa shape index (κ2) is 9.42. The molecule has 0 atom stereocenters. The molecule has 27 heavy (non-hydrogen) atoms. The lowest BCUT2D eigenvalue weighted by atomic mass is 10.2. The fourth-order valence-electron chi connectivity index (χ4n) is 2.43. The maximum absolute atomic E-state index is 11.9. The van der Waals surface area contributed by atoms with Crippen molar-refractivity contribution in [2.75, 3.05) is 13.7 Å². The molecule has 0 unspecified atom stereocenters. The highest BCUT2D eigenvalue weighted by atomic mass is 16.5. The van der Waals surface area contributed by atoms with Crippen LogP contribution in [-0.2, 0) is 16.1 Å². The first-order chi connectivity index (χ1) is 12.9. The molecule has 2 aromatic rings. The van der Waals surface area contributed by atoms with Gasteiger partial charge in [0.2, 0.25) is 0 Å². The van der Waals surface area contributed by atoms with Crippen LogP contribution in [0.2, 0.25) is 0 Å². The third-order valence-electron chi connectivity index (χ3n) is 3.64. The molecule has 0 saturated carbocycles. The van der Waals surface area contributed by atoms with E-state index in [0.29, 0.717) is 11.5 Å². The van der Waals surface area contributed by atoms with Crippen LogP contribution in [0.5, 0.6) is 11.5 Å². The third kappa shape index (κ3) is 5.88. The fourth-order valence-corrected chi connectivity index (χ4v) is 2.43. The molecule has 1 heterocycles.